The van der Waals surface area contributed by atoms with Crippen molar-refractivity contribution in [3.63, 3.8) is 0 Å². The number of hydrogen-bond donors (Lipinski definition) is 1. The zero-order valence-electron chi connectivity index (χ0n) is 14.3. The fraction of sp³-hybridized carbons (Fsp3) is 0.0500. The molecule has 0 heterocycles. The minimum Gasteiger partial charge on any atom is -0.493 e. The SMILES string of the molecule is COc1cc(/C=C(\C#N)C(N)=O)ccc1OC(=O)/C=C/c1ccc(Cl)cc1. The Morgan fingerprint density at radius 1 is 1.11 bits per heavy atom. The molecule has 0 aromatic heterocycles. The minimum atomic E-state index is -0.834. The van der Waals surface area contributed by atoms with Crippen molar-refractivity contribution in [2.75, 3.05) is 7.11 Å². The molecule has 0 radical (unpaired) electrons. The molecular weight excluding hydrogens is 368 g/mol. The van der Waals surface area contributed by atoms with Gasteiger partial charge in [0.05, 0.1) is 7.11 Å². The van der Waals surface area contributed by atoms with Crippen molar-refractivity contribution in [3.8, 4) is 17.6 Å². The second-order valence-corrected chi connectivity index (χ2v) is 5.69. The van der Waals surface area contributed by atoms with Gasteiger partial charge in [-0.2, -0.15) is 5.26 Å². The van der Waals surface area contributed by atoms with Gasteiger partial charge in [-0.05, 0) is 47.5 Å². The molecule has 0 atom stereocenters. The lowest BCUT2D eigenvalue weighted by molar-refractivity contribution is -0.129. The first-order valence-corrected chi connectivity index (χ1v) is 8.06. The van der Waals surface area contributed by atoms with Crippen molar-refractivity contribution in [2.45, 2.75) is 0 Å². The van der Waals surface area contributed by atoms with E-state index in [1.54, 1.807) is 42.5 Å². The molecule has 27 heavy (non-hydrogen) atoms. The van der Waals surface area contributed by atoms with E-state index in [1.165, 1.54) is 31.4 Å². The molecule has 136 valence electrons. The predicted molar refractivity (Wildman–Crippen MR) is 102 cm³/mol. The number of nitriles is 1. The topological polar surface area (TPSA) is 102 Å². The number of nitrogens with two attached hydrogens (primary N) is 1. The van der Waals surface area contributed by atoms with Crippen LogP contribution in [0.1, 0.15) is 11.1 Å². The lowest BCUT2D eigenvalue weighted by Gasteiger charge is -2.09. The number of methoxy groups -OCH3 is 1. The number of nitrogens with zero attached hydrogens (tertiary/aromatic N) is 1. The molecular formula is C20H15ClN2O4. The van der Waals surface area contributed by atoms with Crippen molar-refractivity contribution in [2.24, 2.45) is 5.73 Å². The highest BCUT2D eigenvalue weighted by Gasteiger charge is 2.10. The number of ether oxygens (including phenoxy) is 2. The average molecular weight is 383 g/mol. The number of carbonyl (C=O) groups is 2. The third-order valence-corrected chi connectivity index (χ3v) is 3.63. The highest BCUT2D eigenvalue weighted by Crippen LogP contribution is 2.29. The van der Waals surface area contributed by atoms with E-state index in [0.717, 1.165) is 5.56 Å². The largest absolute Gasteiger partial charge is 0.493 e. The van der Waals surface area contributed by atoms with Crippen molar-refractivity contribution in [1.82, 2.24) is 0 Å². The summed E-state index contributed by atoms with van der Waals surface area (Å²) in [6.45, 7) is 0. The number of esters is 1. The third-order valence-electron chi connectivity index (χ3n) is 3.38. The van der Waals surface area contributed by atoms with Gasteiger partial charge in [-0.1, -0.05) is 29.8 Å². The van der Waals surface area contributed by atoms with Gasteiger partial charge >= 0.3 is 5.97 Å². The summed E-state index contributed by atoms with van der Waals surface area (Å²) in [5.41, 5.74) is 6.19. The van der Waals surface area contributed by atoms with Crippen LogP contribution in [0.2, 0.25) is 5.02 Å². The minimum absolute atomic E-state index is 0.193. The Balaban J connectivity index is 2.16. The summed E-state index contributed by atoms with van der Waals surface area (Å²) in [4.78, 5) is 23.1. The van der Waals surface area contributed by atoms with Crippen LogP contribution in [0.3, 0.4) is 0 Å². The molecule has 0 saturated heterocycles. The van der Waals surface area contributed by atoms with E-state index in [2.05, 4.69) is 0 Å². The summed E-state index contributed by atoms with van der Waals surface area (Å²) < 4.78 is 10.5. The van der Waals surface area contributed by atoms with Gasteiger partial charge < -0.3 is 15.2 Å². The molecule has 7 heteroatoms. The molecule has 0 aliphatic carbocycles. The van der Waals surface area contributed by atoms with Crippen molar-refractivity contribution < 1.29 is 19.1 Å². The van der Waals surface area contributed by atoms with Crippen LogP contribution in [0.4, 0.5) is 0 Å². The van der Waals surface area contributed by atoms with Crippen LogP contribution in [0.15, 0.2) is 54.1 Å². The second kappa shape index (κ2) is 9.22. The zero-order chi connectivity index (χ0) is 19.8. The number of amides is 1. The maximum Gasteiger partial charge on any atom is 0.336 e. The Morgan fingerprint density at radius 2 is 1.78 bits per heavy atom. The standard InChI is InChI=1S/C20H15ClN2O4/c1-26-18-11-14(10-15(12-22)20(23)25)4-8-17(18)27-19(24)9-5-13-2-6-16(21)7-3-13/h2-11H,1H3,(H2,23,25)/b9-5+,15-10+. The molecule has 0 spiro atoms. The van der Waals surface area contributed by atoms with Crippen LogP contribution in [0.25, 0.3) is 12.2 Å². The Bertz CT molecular complexity index is 957. The summed E-state index contributed by atoms with van der Waals surface area (Å²) in [6, 6.07) is 13.2. The van der Waals surface area contributed by atoms with E-state index >= 15 is 0 Å². The van der Waals surface area contributed by atoms with Crippen LogP contribution < -0.4 is 15.2 Å². The lowest BCUT2D eigenvalue weighted by atomic mass is 10.1. The summed E-state index contributed by atoms with van der Waals surface area (Å²) in [7, 11) is 1.41. The van der Waals surface area contributed by atoms with Crippen LogP contribution >= 0.6 is 11.6 Å². The number of carbonyl (C=O) groups excluding carboxylic acids is 2. The predicted octanol–water partition coefficient (Wildman–Crippen LogP) is 3.36. The molecule has 1 amide bonds. The normalized spacial score (nSPS) is 11.1. The molecule has 2 rings (SSSR count). The van der Waals surface area contributed by atoms with E-state index in [0.29, 0.717) is 10.6 Å². The Kier molecular flexibility index (Phi) is 6.75. The van der Waals surface area contributed by atoms with Gasteiger partial charge in [0, 0.05) is 11.1 Å². The Labute approximate surface area is 161 Å². The first-order valence-electron chi connectivity index (χ1n) is 7.68. The van der Waals surface area contributed by atoms with Crippen LogP contribution in [0.5, 0.6) is 11.5 Å². The van der Waals surface area contributed by atoms with Crippen LogP contribution in [0, 0.1) is 11.3 Å². The number of primary amides is 1. The molecule has 0 unspecified atom stereocenters. The molecule has 2 aromatic carbocycles. The van der Waals surface area contributed by atoms with E-state index in [4.69, 9.17) is 32.1 Å². The van der Waals surface area contributed by atoms with Gasteiger partial charge in [-0.15, -0.1) is 0 Å². The molecule has 0 aliphatic rings. The third kappa shape index (κ3) is 5.73. The number of hydrogen-bond acceptors (Lipinski definition) is 5. The summed E-state index contributed by atoms with van der Waals surface area (Å²) in [5, 5.41) is 9.49. The first kappa shape index (κ1) is 19.8. The molecule has 0 aliphatic heterocycles. The fourth-order valence-corrected chi connectivity index (χ4v) is 2.19. The van der Waals surface area contributed by atoms with Gasteiger partial charge in [0.15, 0.2) is 11.5 Å². The van der Waals surface area contributed by atoms with Crippen LogP contribution in [-0.2, 0) is 9.59 Å². The molecule has 6 nitrogen and oxygen atoms in total. The summed E-state index contributed by atoms with van der Waals surface area (Å²) >= 11 is 5.81. The highest BCUT2D eigenvalue weighted by atomic mass is 35.5. The Hall–Kier alpha value is -3.56. The second-order valence-electron chi connectivity index (χ2n) is 5.25. The molecule has 0 saturated carbocycles. The maximum absolute atomic E-state index is 12.0. The van der Waals surface area contributed by atoms with Crippen molar-refractivity contribution >= 4 is 35.6 Å². The van der Waals surface area contributed by atoms with E-state index in [1.807, 2.05) is 0 Å². The fourth-order valence-electron chi connectivity index (χ4n) is 2.06. The van der Waals surface area contributed by atoms with E-state index < -0.39 is 11.9 Å². The van der Waals surface area contributed by atoms with Gasteiger partial charge in [-0.25, -0.2) is 4.79 Å². The highest BCUT2D eigenvalue weighted by molar-refractivity contribution is 6.30. The van der Waals surface area contributed by atoms with Gasteiger partial charge in [0.25, 0.3) is 5.91 Å². The number of halogens is 1. The quantitative estimate of drug-likeness (QED) is 0.357. The smallest absolute Gasteiger partial charge is 0.336 e. The first-order chi connectivity index (χ1) is 12.9. The Morgan fingerprint density at radius 3 is 2.37 bits per heavy atom. The van der Waals surface area contributed by atoms with Crippen LogP contribution in [-0.4, -0.2) is 19.0 Å². The van der Waals surface area contributed by atoms with Crippen molar-refractivity contribution in [1.29, 1.82) is 5.26 Å². The van der Waals surface area contributed by atoms with Gasteiger partial charge in [0.1, 0.15) is 11.6 Å². The summed E-state index contributed by atoms with van der Waals surface area (Å²) in [5.74, 6) is -0.975. The molecule has 2 N–H and O–H groups in total. The number of rotatable bonds is 6. The van der Waals surface area contributed by atoms with E-state index in [-0.39, 0.29) is 17.1 Å². The van der Waals surface area contributed by atoms with Crippen molar-refractivity contribution in [3.05, 3.63) is 70.3 Å². The number of benzene rings is 2. The molecule has 0 fully saturated rings. The van der Waals surface area contributed by atoms with Gasteiger partial charge in [-0.3, -0.25) is 4.79 Å². The zero-order valence-corrected chi connectivity index (χ0v) is 15.1. The maximum atomic E-state index is 12.0. The van der Waals surface area contributed by atoms with Gasteiger partial charge in [0.2, 0.25) is 0 Å². The molecule has 2 aromatic rings. The lowest BCUT2D eigenvalue weighted by Crippen LogP contribution is -2.12. The van der Waals surface area contributed by atoms with E-state index in [9.17, 15) is 9.59 Å². The molecule has 0 bridgehead atoms. The average Bonchev–Trinajstić information content (AvgIpc) is 2.66. The monoisotopic (exact) mass is 382 g/mol. The summed E-state index contributed by atoms with van der Waals surface area (Å²) in [6.07, 6.45) is 4.18.